The Morgan fingerprint density at radius 2 is 2.29 bits per heavy atom. The van der Waals surface area contributed by atoms with Crippen LogP contribution in [0.2, 0.25) is 5.02 Å². The van der Waals surface area contributed by atoms with Crippen molar-refractivity contribution in [2.24, 2.45) is 0 Å². The smallest absolute Gasteiger partial charge is 0.247 e. The van der Waals surface area contributed by atoms with E-state index in [1.165, 1.54) is 12.1 Å². The first kappa shape index (κ1) is 11.2. The predicted octanol–water partition coefficient (Wildman–Crippen LogP) is 3.37. The fourth-order valence-corrected chi connectivity index (χ4v) is 1.34. The van der Waals surface area contributed by atoms with Gasteiger partial charge in [-0.2, -0.15) is 0 Å². The van der Waals surface area contributed by atoms with Crippen molar-refractivity contribution in [3.8, 4) is 0 Å². The van der Waals surface area contributed by atoms with Crippen LogP contribution in [0.5, 0.6) is 0 Å². The zero-order valence-corrected chi connectivity index (χ0v) is 9.32. The van der Waals surface area contributed by atoms with Gasteiger partial charge < -0.3 is 5.32 Å². The first-order valence-corrected chi connectivity index (χ1v) is 4.80. The van der Waals surface area contributed by atoms with Crippen molar-refractivity contribution in [2.75, 3.05) is 5.32 Å². The monoisotopic (exact) mass is 277 g/mol. The summed E-state index contributed by atoms with van der Waals surface area (Å²) in [6, 6.07) is 2.94. The number of nitrogens with one attached hydrogen (secondary N) is 1. The summed E-state index contributed by atoms with van der Waals surface area (Å²) in [7, 11) is 0. The molecule has 1 amide bonds. The summed E-state index contributed by atoms with van der Waals surface area (Å²) in [5.74, 6) is -1.11. The topological polar surface area (TPSA) is 29.1 Å². The number of hydrogen-bond donors (Lipinski definition) is 1. The zero-order valence-electron chi connectivity index (χ0n) is 6.98. The van der Waals surface area contributed by atoms with Crippen molar-refractivity contribution in [3.05, 3.63) is 40.1 Å². The third kappa shape index (κ3) is 2.33. The van der Waals surface area contributed by atoms with Crippen LogP contribution >= 0.6 is 27.5 Å². The molecule has 0 spiro atoms. The lowest BCUT2D eigenvalue weighted by molar-refractivity contribution is -0.111. The van der Waals surface area contributed by atoms with Gasteiger partial charge in [0.25, 0.3) is 0 Å². The van der Waals surface area contributed by atoms with Crippen LogP contribution in [0.1, 0.15) is 0 Å². The van der Waals surface area contributed by atoms with Gasteiger partial charge in [0.1, 0.15) is 0 Å². The molecule has 0 atom stereocenters. The Bertz CT molecular complexity index is 395. The molecule has 1 rings (SSSR count). The predicted molar refractivity (Wildman–Crippen MR) is 57.9 cm³/mol. The molecule has 0 heterocycles. The van der Waals surface area contributed by atoms with Gasteiger partial charge in [-0.1, -0.05) is 18.2 Å². The van der Waals surface area contributed by atoms with Crippen LogP contribution in [0, 0.1) is 5.82 Å². The summed E-state index contributed by atoms with van der Waals surface area (Å²) in [6.07, 6.45) is 1.04. The molecule has 0 saturated heterocycles. The Balaban J connectivity index is 3.12. The Morgan fingerprint density at radius 1 is 1.64 bits per heavy atom. The number of anilines is 1. The van der Waals surface area contributed by atoms with E-state index in [0.717, 1.165) is 6.08 Å². The third-order valence-electron chi connectivity index (χ3n) is 1.48. The molecule has 5 heteroatoms. The van der Waals surface area contributed by atoms with Gasteiger partial charge in [0, 0.05) is 0 Å². The van der Waals surface area contributed by atoms with Gasteiger partial charge in [0.15, 0.2) is 5.82 Å². The van der Waals surface area contributed by atoms with E-state index >= 15 is 0 Å². The van der Waals surface area contributed by atoms with E-state index in [0.29, 0.717) is 0 Å². The maximum absolute atomic E-state index is 13.4. The highest BCUT2D eigenvalue weighted by molar-refractivity contribution is 9.10. The van der Waals surface area contributed by atoms with Crippen LogP contribution in [0.3, 0.4) is 0 Å². The minimum atomic E-state index is -0.604. The highest BCUT2D eigenvalue weighted by Crippen LogP contribution is 2.30. The Labute approximate surface area is 93.9 Å². The highest BCUT2D eigenvalue weighted by Gasteiger charge is 2.11. The molecule has 0 unspecified atom stereocenters. The van der Waals surface area contributed by atoms with Crippen molar-refractivity contribution < 1.29 is 9.18 Å². The molecule has 1 N–H and O–H groups in total. The summed E-state index contributed by atoms with van der Waals surface area (Å²) >= 11 is 8.67. The second kappa shape index (κ2) is 4.57. The molecule has 1 aromatic rings. The van der Waals surface area contributed by atoms with Crippen LogP contribution in [-0.4, -0.2) is 5.91 Å². The second-order valence-electron chi connectivity index (χ2n) is 2.41. The van der Waals surface area contributed by atoms with E-state index in [4.69, 9.17) is 11.6 Å². The standard InChI is InChI=1S/C9H6BrClFNO/c1-2-7(14)13-9-6(11)4-3-5(10)8(9)12/h2-4H,1H2,(H,13,14). The van der Waals surface area contributed by atoms with Gasteiger partial charge in [-0.3, -0.25) is 4.79 Å². The molecule has 0 saturated carbocycles. The van der Waals surface area contributed by atoms with E-state index in [-0.39, 0.29) is 15.2 Å². The highest BCUT2D eigenvalue weighted by atomic mass is 79.9. The summed E-state index contributed by atoms with van der Waals surface area (Å²) in [5.41, 5.74) is -0.0501. The molecule has 0 aromatic heterocycles. The molecule has 0 bridgehead atoms. The number of amides is 1. The maximum atomic E-state index is 13.4. The number of carbonyl (C=O) groups excluding carboxylic acids is 1. The van der Waals surface area contributed by atoms with Crippen LogP contribution in [-0.2, 0) is 4.79 Å². The zero-order chi connectivity index (χ0) is 10.7. The number of benzene rings is 1. The molecule has 2 nitrogen and oxygen atoms in total. The molecule has 0 aliphatic rings. The minimum Gasteiger partial charge on any atom is -0.319 e. The van der Waals surface area contributed by atoms with Crippen molar-refractivity contribution in [1.82, 2.24) is 0 Å². The van der Waals surface area contributed by atoms with E-state index < -0.39 is 11.7 Å². The Morgan fingerprint density at radius 3 is 2.86 bits per heavy atom. The van der Waals surface area contributed by atoms with Gasteiger partial charge in [0.05, 0.1) is 15.2 Å². The average Bonchev–Trinajstić information content (AvgIpc) is 2.18. The van der Waals surface area contributed by atoms with Crippen molar-refractivity contribution >= 4 is 39.1 Å². The summed E-state index contributed by atoms with van der Waals surface area (Å²) in [6.45, 7) is 3.25. The van der Waals surface area contributed by atoms with Crippen molar-refractivity contribution in [3.63, 3.8) is 0 Å². The molecule has 1 aromatic carbocycles. The SMILES string of the molecule is C=CC(=O)Nc1c(Cl)ccc(Br)c1F. The lowest BCUT2D eigenvalue weighted by Gasteiger charge is -2.07. The number of carbonyl (C=O) groups is 1. The molecule has 0 radical (unpaired) electrons. The number of halogens is 3. The molecule has 0 aliphatic carbocycles. The minimum absolute atomic E-state index is 0.0501. The molecular formula is C9H6BrClFNO. The largest absolute Gasteiger partial charge is 0.319 e. The molecule has 0 aliphatic heterocycles. The lowest BCUT2D eigenvalue weighted by atomic mass is 10.3. The molecular weight excluding hydrogens is 272 g/mol. The molecule has 0 fully saturated rings. The fourth-order valence-electron chi connectivity index (χ4n) is 0.816. The first-order chi connectivity index (χ1) is 6.56. The summed E-state index contributed by atoms with van der Waals surface area (Å²) in [4.78, 5) is 10.9. The summed E-state index contributed by atoms with van der Waals surface area (Å²) < 4.78 is 13.6. The molecule has 74 valence electrons. The Hall–Kier alpha value is -0.870. The van der Waals surface area contributed by atoms with Crippen molar-refractivity contribution in [2.45, 2.75) is 0 Å². The van der Waals surface area contributed by atoms with Gasteiger partial charge in [0.2, 0.25) is 5.91 Å². The first-order valence-electron chi connectivity index (χ1n) is 3.63. The fraction of sp³-hybridized carbons (Fsp3) is 0. The van der Waals surface area contributed by atoms with E-state index in [2.05, 4.69) is 27.8 Å². The number of hydrogen-bond acceptors (Lipinski definition) is 1. The van der Waals surface area contributed by atoms with Crippen LogP contribution in [0.25, 0.3) is 0 Å². The normalized spacial score (nSPS) is 9.64. The van der Waals surface area contributed by atoms with Gasteiger partial charge in [-0.25, -0.2) is 4.39 Å². The number of rotatable bonds is 2. The maximum Gasteiger partial charge on any atom is 0.247 e. The average molecular weight is 279 g/mol. The van der Waals surface area contributed by atoms with Crippen LogP contribution in [0.4, 0.5) is 10.1 Å². The van der Waals surface area contributed by atoms with Crippen LogP contribution in [0.15, 0.2) is 29.3 Å². The Kier molecular flexibility index (Phi) is 3.66. The lowest BCUT2D eigenvalue weighted by Crippen LogP contribution is -2.09. The van der Waals surface area contributed by atoms with Crippen LogP contribution < -0.4 is 5.32 Å². The summed E-state index contributed by atoms with van der Waals surface area (Å²) in [5, 5.41) is 2.41. The quantitative estimate of drug-likeness (QED) is 0.652. The van der Waals surface area contributed by atoms with Gasteiger partial charge in [-0.05, 0) is 34.1 Å². The third-order valence-corrected chi connectivity index (χ3v) is 2.41. The van der Waals surface area contributed by atoms with Crippen molar-refractivity contribution in [1.29, 1.82) is 0 Å². The second-order valence-corrected chi connectivity index (χ2v) is 3.67. The molecule has 14 heavy (non-hydrogen) atoms. The van der Waals surface area contributed by atoms with E-state index in [9.17, 15) is 9.18 Å². The van der Waals surface area contributed by atoms with Gasteiger partial charge in [-0.15, -0.1) is 0 Å². The van der Waals surface area contributed by atoms with E-state index in [1.807, 2.05) is 0 Å². The van der Waals surface area contributed by atoms with Gasteiger partial charge >= 0.3 is 0 Å². The van der Waals surface area contributed by atoms with E-state index in [1.54, 1.807) is 0 Å².